The van der Waals surface area contributed by atoms with Gasteiger partial charge in [0, 0.05) is 18.8 Å². The van der Waals surface area contributed by atoms with Gasteiger partial charge >= 0.3 is 12.0 Å². The van der Waals surface area contributed by atoms with Crippen LogP contribution in [0, 0.1) is 11.3 Å². The lowest BCUT2D eigenvalue weighted by atomic mass is 10.2. The van der Waals surface area contributed by atoms with Crippen molar-refractivity contribution in [2.24, 2.45) is 0 Å². The van der Waals surface area contributed by atoms with Crippen molar-refractivity contribution in [1.82, 2.24) is 4.90 Å². The number of carboxylic acid groups (broad SMARTS) is 1. The predicted octanol–water partition coefficient (Wildman–Crippen LogP) is 2.81. The second-order valence-electron chi connectivity index (χ2n) is 3.92. The maximum absolute atomic E-state index is 11.9. The van der Waals surface area contributed by atoms with E-state index in [-0.39, 0.29) is 23.0 Å². The quantitative estimate of drug-likeness (QED) is 0.873. The molecule has 1 aromatic rings. The number of nitriles is 1. The summed E-state index contributed by atoms with van der Waals surface area (Å²) in [5, 5.41) is 20.0. The summed E-state index contributed by atoms with van der Waals surface area (Å²) >= 11 is 5.82. The molecular weight excluding hydrogens is 282 g/mol. The molecule has 106 valence electrons. The molecule has 0 aliphatic carbocycles. The zero-order valence-corrected chi connectivity index (χ0v) is 11.6. The van der Waals surface area contributed by atoms with Crippen molar-refractivity contribution in [2.45, 2.75) is 13.3 Å². The van der Waals surface area contributed by atoms with Crippen LogP contribution < -0.4 is 5.32 Å². The lowest BCUT2D eigenvalue weighted by Gasteiger charge is -2.20. The topological polar surface area (TPSA) is 93.4 Å². The first-order chi connectivity index (χ1) is 9.49. The number of carbonyl (C=O) groups excluding carboxylic acids is 1. The molecule has 1 aromatic carbocycles. The fourth-order valence-electron chi connectivity index (χ4n) is 1.56. The highest BCUT2D eigenvalue weighted by atomic mass is 35.5. The Morgan fingerprint density at radius 1 is 1.50 bits per heavy atom. The van der Waals surface area contributed by atoms with Crippen molar-refractivity contribution in [1.29, 1.82) is 5.26 Å². The number of amides is 2. The number of halogens is 1. The van der Waals surface area contributed by atoms with Crippen LogP contribution >= 0.6 is 11.6 Å². The number of rotatable bonds is 5. The van der Waals surface area contributed by atoms with Crippen LogP contribution in [0.4, 0.5) is 10.5 Å². The molecule has 0 saturated heterocycles. The third-order valence-electron chi connectivity index (χ3n) is 2.61. The van der Waals surface area contributed by atoms with Gasteiger partial charge in [-0.25, -0.2) is 9.59 Å². The van der Waals surface area contributed by atoms with Gasteiger partial charge in [-0.15, -0.1) is 0 Å². The van der Waals surface area contributed by atoms with Crippen molar-refractivity contribution in [3.8, 4) is 6.07 Å². The maximum atomic E-state index is 11.9. The number of aromatic carboxylic acids is 1. The number of nitrogens with one attached hydrogen (secondary N) is 1. The standard InChI is InChI=1S/C13H14ClN3O3/c1-2-17(7-3-6-15)13(20)16-9-4-5-10(12(18)19)11(14)8-9/h4-5,8H,2-3,7H2,1H3,(H,16,20)(H,18,19). The van der Waals surface area contributed by atoms with Crippen molar-refractivity contribution in [2.75, 3.05) is 18.4 Å². The van der Waals surface area contributed by atoms with Crippen molar-refractivity contribution < 1.29 is 14.7 Å². The van der Waals surface area contributed by atoms with Crippen molar-refractivity contribution >= 4 is 29.3 Å². The first-order valence-electron chi connectivity index (χ1n) is 5.95. The van der Waals surface area contributed by atoms with Gasteiger partial charge in [-0.1, -0.05) is 11.6 Å². The molecule has 0 aliphatic heterocycles. The van der Waals surface area contributed by atoms with Gasteiger partial charge in [0.05, 0.1) is 23.1 Å². The summed E-state index contributed by atoms with van der Waals surface area (Å²) in [7, 11) is 0. The minimum atomic E-state index is -1.13. The molecule has 0 heterocycles. The highest BCUT2D eigenvalue weighted by Crippen LogP contribution is 2.21. The SMILES string of the molecule is CCN(CCC#N)C(=O)Nc1ccc(C(=O)O)c(Cl)c1. The number of hydrogen-bond donors (Lipinski definition) is 2. The number of hydrogen-bond acceptors (Lipinski definition) is 3. The Balaban J connectivity index is 2.78. The van der Waals surface area contributed by atoms with E-state index in [2.05, 4.69) is 5.32 Å². The highest BCUT2D eigenvalue weighted by molar-refractivity contribution is 6.33. The Morgan fingerprint density at radius 3 is 2.70 bits per heavy atom. The Hall–Kier alpha value is -2.26. The van der Waals surface area contributed by atoms with Crippen LogP contribution in [-0.4, -0.2) is 35.1 Å². The zero-order valence-electron chi connectivity index (χ0n) is 10.9. The number of carbonyl (C=O) groups is 2. The molecule has 2 amide bonds. The second-order valence-corrected chi connectivity index (χ2v) is 4.32. The first kappa shape index (κ1) is 15.8. The van der Waals surface area contributed by atoms with Gasteiger partial charge in [-0.2, -0.15) is 5.26 Å². The van der Waals surface area contributed by atoms with Crippen LogP contribution in [0.2, 0.25) is 5.02 Å². The summed E-state index contributed by atoms with van der Waals surface area (Å²) in [5.74, 6) is -1.13. The minimum Gasteiger partial charge on any atom is -0.478 e. The minimum absolute atomic E-state index is 0.0264. The molecule has 0 aliphatic rings. The largest absolute Gasteiger partial charge is 0.478 e. The van der Waals surface area contributed by atoms with Crippen molar-refractivity contribution in [3.63, 3.8) is 0 Å². The van der Waals surface area contributed by atoms with E-state index in [0.29, 0.717) is 18.8 Å². The molecule has 0 bridgehead atoms. The fourth-order valence-corrected chi connectivity index (χ4v) is 1.82. The molecular formula is C13H14ClN3O3. The Morgan fingerprint density at radius 2 is 2.20 bits per heavy atom. The average Bonchev–Trinajstić information content (AvgIpc) is 2.39. The zero-order chi connectivity index (χ0) is 15.1. The second kappa shape index (κ2) is 7.36. The summed E-state index contributed by atoms with van der Waals surface area (Å²) in [6.07, 6.45) is 0.250. The maximum Gasteiger partial charge on any atom is 0.337 e. The number of anilines is 1. The Bertz CT molecular complexity index is 554. The van der Waals surface area contributed by atoms with E-state index in [1.807, 2.05) is 6.07 Å². The third-order valence-corrected chi connectivity index (χ3v) is 2.93. The van der Waals surface area contributed by atoms with E-state index in [0.717, 1.165) is 0 Å². The van der Waals surface area contributed by atoms with Crippen LogP contribution in [-0.2, 0) is 0 Å². The van der Waals surface area contributed by atoms with Crippen LogP contribution in [0.25, 0.3) is 0 Å². The summed E-state index contributed by atoms with van der Waals surface area (Å²) < 4.78 is 0. The van der Waals surface area contributed by atoms with E-state index in [9.17, 15) is 9.59 Å². The predicted molar refractivity (Wildman–Crippen MR) is 74.9 cm³/mol. The lowest BCUT2D eigenvalue weighted by Crippen LogP contribution is -2.35. The molecule has 7 heteroatoms. The molecule has 0 radical (unpaired) electrons. The van der Waals surface area contributed by atoms with Gasteiger partial charge in [-0.3, -0.25) is 0 Å². The summed E-state index contributed by atoms with van der Waals surface area (Å²) in [4.78, 5) is 24.2. The molecule has 0 fully saturated rings. The van der Waals surface area contributed by atoms with Crippen LogP contribution in [0.1, 0.15) is 23.7 Å². The van der Waals surface area contributed by atoms with Gasteiger partial charge in [0.1, 0.15) is 0 Å². The molecule has 2 N–H and O–H groups in total. The number of nitrogens with zero attached hydrogens (tertiary/aromatic N) is 2. The molecule has 0 atom stereocenters. The normalized spacial score (nSPS) is 9.65. The van der Waals surface area contributed by atoms with Gasteiger partial charge in [-0.05, 0) is 25.1 Å². The first-order valence-corrected chi connectivity index (χ1v) is 6.33. The van der Waals surface area contributed by atoms with Crippen LogP contribution in [0.3, 0.4) is 0 Å². The molecule has 6 nitrogen and oxygen atoms in total. The summed E-state index contributed by atoms with van der Waals surface area (Å²) in [5.41, 5.74) is 0.377. The molecule has 20 heavy (non-hydrogen) atoms. The van der Waals surface area contributed by atoms with E-state index < -0.39 is 5.97 Å². The summed E-state index contributed by atoms with van der Waals surface area (Å²) in [6.45, 7) is 2.60. The van der Waals surface area contributed by atoms with E-state index in [1.165, 1.54) is 23.1 Å². The molecule has 0 unspecified atom stereocenters. The van der Waals surface area contributed by atoms with Crippen LogP contribution in [0.15, 0.2) is 18.2 Å². The molecule has 0 saturated carbocycles. The summed E-state index contributed by atoms with van der Waals surface area (Å²) in [6, 6.07) is 5.78. The highest BCUT2D eigenvalue weighted by Gasteiger charge is 2.13. The lowest BCUT2D eigenvalue weighted by molar-refractivity contribution is 0.0697. The third kappa shape index (κ3) is 4.14. The van der Waals surface area contributed by atoms with Crippen molar-refractivity contribution in [3.05, 3.63) is 28.8 Å². The Labute approximate surface area is 121 Å². The average molecular weight is 296 g/mol. The Kier molecular flexibility index (Phi) is 5.81. The van der Waals surface area contributed by atoms with E-state index in [1.54, 1.807) is 6.92 Å². The van der Waals surface area contributed by atoms with Gasteiger partial charge in [0.25, 0.3) is 0 Å². The number of urea groups is 1. The van der Waals surface area contributed by atoms with E-state index in [4.69, 9.17) is 22.0 Å². The van der Waals surface area contributed by atoms with Crippen LogP contribution in [0.5, 0.6) is 0 Å². The number of carboxylic acids is 1. The van der Waals surface area contributed by atoms with E-state index >= 15 is 0 Å². The molecule has 1 rings (SSSR count). The molecule has 0 spiro atoms. The monoisotopic (exact) mass is 295 g/mol. The smallest absolute Gasteiger partial charge is 0.337 e. The fraction of sp³-hybridized carbons (Fsp3) is 0.308. The number of benzene rings is 1. The van der Waals surface area contributed by atoms with Gasteiger partial charge in [0.2, 0.25) is 0 Å². The van der Waals surface area contributed by atoms with Gasteiger partial charge < -0.3 is 15.3 Å². The van der Waals surface area contributed by atoms with Gasteiger partial charge in [0.15, 0.2) is 0 Å². The molecule has 0 aromatic heterocycles.